The van der Waals surface area contributed by atoms with E-state index in [9.17, 15) is 11.3 Å². The molecule has 136 valence electrons. The normalized spacial score (nSPS) is 63.0. The second-order valence-electron chi connectivity index (χ2n) is 9.93. The summed E-state index contributed by atoms with van der Waals surface area (Å²) in [5, 5.41) is 10.9. The molecule has 0 aliphatic heterocycles. The SMILES string of the molecule is [2H]C([2H])([2H])[C@@]1(O)CC[C@]2(C)[C@H]3CC[C@]4(C)[C@@H](C(C)=O)CC[C@H]4[C@@H]3CC[C@@]2([2H])C1. The third-order valence-corrected chi connectivity index (χ3v) is 8.90. The van der Waals surface area contributed by atoms with E-state index in [1.807, 2.05) is 0 Å². The lowest BCUT2D eigenvalue weighted by Gasteiger charge is -2.61. The van der Waals surface area contributed by atoms with Crippen LogP contribution in [0.3, 0.4) is 0 Å². The van der Waals surface area contributed by atoms with Crippen molar-refractivity contribution in [2.75, 3.05) is 0 Å². The zero-order valence-electron chi connectivity index (χ0n) is 19.5. The summed E-state index contributed by atoms with van der Waals surface area (Å²) in [6, 6.07) is 0. The Balaban J connectivity index is 1.64. The van der Waals surface area contributed by atoms with Crippen LogP contribution in [-0.2, 0) is 4.79 Å². The molecule has 0 aromatic carbocycles. The number of rotatable bonds is 1. The summed E-state index contributed by atoms with van der Waals surface area (Å²) in [4.78, 5) is 12.3. The van der Waals surface area contributed by atoms with Gasteiger partial charge in [0.2, 0.25) is 0 Å². The minimum Gasteiger partial charge on any atom is -0.390 e. The van der Waals surface area contributed by atoms with Gasteiger partial charge in [0.1, 0.15) is 5.78 Å². The van der Waals surface area contributed by atoms with Gasteiger partial charge >= 0.3 is 0 Å². The van der Waals surface area contributed by atoms with E-state index in [0.29, 0.717) is 36.4 Å². The molecule has 2 heteroatoms. The number of carbonyl (C=O) groups is 1. The molecule has 24 heavy (non-hydrogen) atoms. The Morgan fingerprint density at radius 3 is 2.50 bits per heavy atom. The van der Waals surface area contributed by atoms with Gasteiger partial charge in [-0.15, -0.1) is 0 Å². The van der Waals surface area contributed by atoms with Gasteiger partial charge in [0, 0.05) is 11.4 Å². The van der Waals surface area contributed by atoms with Crippen molar-refractivity contribution in [3.63, 3.8) is 0 Å². The van der Waals surface area contributed by atoms with Crippen LogP contribution < -0.4 is 0 Å². The van der Waals surface area contributed by atoms with E-state index in [-0.39, 0.29) is 29.6 Å². The molecule has 0 bridgehead atoms. The topological polar surface area (TPSA) is 37.3 Å². The van der Waals surface area contributed by atoms with Gasteiger partial charge in [-0.1, -0.05) is 13.8 Å². The van der Waals surface area contributed by atoms with Crippen molar-refractivity contribution < 1.29 is 15.4 Å². The Hall–Kier alpha value is -0.370. The highest BCUT2D eigenvalue weighted by molar-refractivity contribution is 5.79. The van der Waals surface area contributed by atoms with Gasteiger partial charge in [-0.3, -0.25) is 4.79 Å². The molecule has 0 radical (unpaired) electrons. The van der Waals surface area contributed by atoms with Gasteiger partial charge in [0.05, 0.1) is 5.60 Å². The van der Waals surface area contributed by atoms with Crippen molar-refractivity contribution in [1.29, 1.82) is 0 Å². The molecule has 4 aliphatic carbocycles. The molecule has 0 spiro atoms. The summed E-state index contributed by atoms with van der Waals surface area (Å²) < 4.78 is 32.8. The molecule has 0 aromatic rings. The number of fused-ring (bicyclic) bond motifs is 5. The van der Waals surface area contributed by atoms with Crippen molar-refractivity contribution >= 4 is 5.78 Å². The summed E-state index contributed by atoms with van der Waals surface area (Å²) >= 11 is 0. The largest absolute Gasteiger partial charge is 0.390 e. The zero-order chi connectivity index (χ0) is 20.8. The van der Waals surface area contributed by atoms with Crippen molar-refractivity contribution in [2.24, 2.45) is 40.4 Å². The minimum absolute atomic E-state index is 0.0637. The van der Waals surface area contributed by atoms with E-state index in [1.165, 1.54) is 0 Å². The van der Waals surface area contributed by atoms with Gasteiger partial charge in [0.15, 0.2) is 0 Å². The second kappa shape index (κ2) is 5.32. The van der Waals surface area contributed by atoms with Gasteiger partial charge < -0.3 is 5.11 Å². The van der Waals surface area contributed by atoms with Crippen LogP contribution >= 0.6 is 0 Å². The van der Waals surface area contributed by atoms with Crippen molar-refractivity contribution in [1.82, 2.24) is 0 Å². The molecule has 4 aliphatic rings. The van der Waals surface area contributed by atoms with Gasteiger partial charge in [-0.05, 0) is 106 Å². The lowest BCUT2D eigenvalue weighted by Crippen LogP contribution is -2.55. The Morgan fingerprint density at radius 2 is 1.79 bits per heavy atom. The first kappa shape index (κ1) is 12.9. The van der Waals surface area contributed by atoms with Crippen LogP contribution in [0.15, 0.2) is 0 Å². The lowest BCUT2D eigenvalue weighted by atomic mass is 9.44. The van der Waals surface area contributed by atoms with Crippen LogP contribution in [0.5, 0.6) is 0 Å². The van der Waals surface area contributed by atoms with E-state index in [2.05, 4.69) is 13.8 Å². The molecule has 2 nitrogen and oxygen atoms in total. The molecule has 8 atom stereocenters. The van der Waals surface area contributed by atoms with E-state index in [1.54, 1.807) is 6.92 Å². The molecule has 0 unspecified atom stereocenters. The highest BCUT2D eigenvalue weighted by atomic mass is 16.3. The Kier molecular flexibility index (Phi) is 2.86. The number of aliphatic hydroxyl groups is 1. The standard InChI is InChI=1S/C22H36O2/c1-14(23)17-7-8-18-16-6-5-15-13-20(2,24)11-12-21(15,3)19(16)9-10-22(17,18)4/h15-19,24H,5-13H2,1-4H3/t15-,16-,17+,18-,19-,20+,21-,22+/m0/s1/i2D3,15D. The monoisotopic (exact) mass is 336 g/mol. The van der Waals surface area contributed by atoms with Crippen molar-refractivity contribution in [3.8, 4) is 0 Å². The molecular weight excluding hydrogens is 296 g/mol. The summed E-state index contributed by atoms with van der Waals surface area (Å²) in [7, 11) is 0. The molecule has 0 saturated heterocycles. The van der Waals surface area contributed by atoms with Crippen LogP contribution in [0.2, 0.25) is 0 Å². The molecule has 4 fully saturated rings. The molecule has 0 heterocycles. The maximum absolute atomic E-state index is 12.3. The maximum Gasteiger partial charge on any atom is 0.133 e. The second-order valence-corrected chi connectivity index (χ2v) is 9.93. The Morgan fingerprint density at radius 1 is 1.04 bits per heavy atom. The van der Waals surface area contributed by atoms with Crippen LogP contribution in [0, 0.1) is 40.4 Å². The molecular formula is C22H36O2. The van der Waals surface area contributed by atoms with Gasteiger partial charge in [0.25, 0.3) is 0 Å². The number of ketones is 1. The number of hydrogen-bond acceptors (Lipinski definition) is 2. The average Bonchev–Trinajstić information content (AvgIpc) is 2.92. The summed E-state index contributed by atoms with van der Waals surface area (Å²) in [5.41, 5.74) is -1.88. The van der Waals surface area contributed by atoms with Crippen LogP contribution in [-0.4, -0.2) is 16.5 Å². The Bertz CT molecular complexity index is 678. The fourth-order valence-electron chi connectivity index (χ4n) is 7.60. The van der Waals surface area contributed by atoms with Crippen LogP contribution in [0.4, 0.5) is 0 Å². The molecule has 4 saturated carbocycles. The lowest BCUT2D eigenvalue weighted by molar-refractivity contribution is -0.150. The Labute approximate surface area is 153 Å². The van der Waals surface area contributed by atoms with Crippen molar-refractivity contribution in [2.45, 2.75) is 91.0 Å². The highest BCUT2D eigenvalue weighted by Crippen LogP contribution is 2.68. The smallest absolute Gasteiger partial charge is 0.133 e. The predicted molar refractivity (Wildman–Crippen MR) is 96.5 cm³/mol. The third kappa shape index (κ3) is 2.27. The summed E-state index contributed by atoms with van der Waals surface area (Å²) in [6.45, 7) is 3.85. The van der Waals surface area contributed by atoms with Gasteiger partial charge in [-0.2, -0.15) is 0 Å². The fourth-order valence-corrected chi connectivity index (χ4v) is 7.60. The summed E-state index contributed by atoms with van der Waals surface area (Å²) in [6.07, 6.45) is 6.74. The number of carbonyl (C=O) groups excluding carboxylic acids is 1. The molecule has 0 aromatic heterocycles. The zero-order valence-corrected chi connectivity index (χ0v) is 15.5. The average molecular weight is 337 g/mol. The first-order chi connectivity index (χ1) is 12.8. The first-order valence-corrected chi connectivity index (χ1v) is 10.0. The predicted octanol–water partition coefficient (Wildman–Crippen LogP) is 4.99. The van der Waals surface area contributed by atoms with Crippen molar-refractivity contribution in [3.05, 3.63) is 0 Å². The number of Topliss-reactive ketones (excluding diaryl/α,β-unsaturated/α-hetero) is 1. The molecule has 0 amide bonds. The van der Waals surface area contributed by atoms with Gasteiger partial charge in [-0.25, -0.2) is 0 Å². The quantitative estimate of drug-likeness (QED) is 0.733. The maximum atomic E-state index is 12.3. The fraction of sp³-hybridized carbons (Fsp3) is 0.955. The van der Waals surface area contributed by atoms with E-state index < -0.39 is 18.3 Å². The summed E-state index contributed by atoms with van der Waals surface area (Å²) in [5.74, 6) is 1.13. The van der Waals surface area contributed by atoms with Crippen LogP contribution in [0.1, 0.15) is 90.9 Å². The van der Waals surface area contributed by atoms with E-state index in [0.717, 1.165) is 32.1 Å². The number of hydrogen-bond donors (Lipinski definition) is 1. The van der Waals surface area contributed by atoms with E-state index in [4.69, 9.17) is 4.11 Å². The minimum atomic E-state index is -2.43. The first-order valence-electron chi connectivity index (χ1n) is 12.0. The third-order valence-electron chi connectivity index (χ3n) is 8.90. The van der Waals surface area contributed by atoms with Crippen LogP contribution in [0.25, 0.3) is 0 Å². The molecule has 4 rings (SSSR count). The highest BCUT2D eigenvalue weighted by Gasteiger charge is 2.61. The van der Waals surface area contributed by atoms with E-state index >= 15 is 0 Å². The molecule has 1 N–H and O–H groups in total.